The van der Waals surface area contributed by atoms with Crippen molar-refractivity contribution in [3.05, 3.63) is 23.9 Å². The van der Waals surface area contributed by atoms with Crippen LogP contribution in [0.3, 0.4) is 0 Å². The molecule has 1 aliphatic rings. The van der Waals surface area contributed by atoms with Crippen LogP contribution >= 0.6 is 0 Å². The van der Waals surface area contributed by atoms with Crippen LogP contribution in [-0.4, -0.2) is 42.1 Å². The van der Waals surface area contributed by atoms with Crippen molar-refractivity contribution in [2.45, 2.75) is 52.1 Å². The molecule has 0 bridgehead atoms. The molecule has 1 saturated heterocycles. The van der Waals surface area contributed by atoms with E-state index in [4.69, 9.17) is 4.74 Å². The second kappa shape index (κ2) is 8.13. The fourth-order valence-corrected chi connectivity index (χ4v) is 2.68. The molecule has 0 atom stereocenters. The maximum absolute atomic E-state index is 12.5. The number of nitrogens with zero attached hydrogens (tertiary/aromatic N) is 2. The second-order valence-electron chi connectivity index (χ2n) is 7.02. The van der Waals surface area contributed by atoms with Crippen molar-refractivity contribution in [1.29, 1.82) is 0 Å². The van der Waals surface area contributed by atoms with E-state index in [1.54, 1.807) is 12.3 Å². The highest BCUT2D eigenvalue weighted by molar-refractivity contribution is 6.00. The lowest BCUT2D eigenvalue weighted by atomic mass is 10.1. The molecule has 2 rings (SSSR count). The van der Waals surface area contributed by atoms with Crippen LogP contribution in [0.15, 0.2) is 18.3 Å². The van der Waals surface area contributed by atoms with Gasteiger partial charge in [0.15, 0.2) is 5.78 Å². The first kappa shape index (κ1) is 18.2. The molecule has 0 spiro atoms. The smallest absolute Gasteiger partial charge is 0.407 e. The predicted molar refractivity (Wildman–Crippen MR) is 93.5 cm³/mol. The molecule has 6 nitrogen and oxygen atoms in total. The molecular formula is C18H27N3O3. The predicted octanol–water partition coefficient (Wildman–Crippen LogP) is 3.17. The van der Waals surface area contributed by atoms with Crippen LogP contribution < -0.4 is 10.2 Å². The summed E-state index contributed by atoms with van der Waals surface area (Å²) in [6.07, 6.45) is 4.52. The molecule has 2 heterocycles. The number of carbonyl (C=O) groups excluding carboxylic acids is 2. The minimum absolute atomic E-state index is 0.0657. The number of ketones is 1. The summed E-state index contributed by atoms with van der Waals surface area (Å²) < 4.78 is 5.16. The van der Waals surface area contributed by atoms with Gasteiger partial charge in [0.05, 0.1) is 5.56 Å². The summed E-state index contributed by atoms with van der Waals surface area (Å²) >= 11 is 0. The van der Waals surface area contributed by atoms with Crippen molar-refractivity contribution in [3.63, 3.8) is 0 Å². The maximum Gasteiger partial charge on any atom is 0.407 e. The van der Waals surface area contributed by atoms with Crippen molar-refractivity contribution < 1.29 is 14.3 Å². The van der Waals surface area contributed by atoms with Gasteiger partial charge in [0, 0.05) is 32.3 Å². The van der Waals surface area contributed by atoms with Crippen LogP contribution in [0.2, 0.25) is 0 Å². The van der Waals surface area contributed by atoms with Gasteiger partial charge in [-0.15, -0.1) is 0 Å². The number of rotatable bonds is 6. The zero-order valence-electron chi connectivity index (χ0n) is 14.8. The zero-order chi connectivity index (χ0) is 17.6. The van der Waals surface area contributed by atoms with E-state index < -0.39 is 11.7 Å². The van der Waals surface area contributed by atoms with Crippen LogP contribution in [0.1, 0.15) is 56.8 Å². The van der Waals surface area contributed by atoms with E-state index in [1.807, 2.05) is 26.8 Å². The molecule has 0 unspecified atom stereocenters. The Hall–Kier alpha value is -2.11. The number of amides is 1. The van der Waals surface area contributed by atoms with Crippen molar-refractivity contribution in [1.82, 2.24) is 10.3 Å². The molecule has 0 saturated carbocycles. The lowest BCUT2D eigenvalue weighted by molar-refractivity contribution is 0.0525. The van der Waals surface area contributed by atoms with Crippen LogP contribution in [0.5, 0.6) is 0 Å². The van der Waals surface area contributed by atoms with Crippen molar-refractivity contribution in [3.8, 4) is 0 Å². The molecule has 1 N–H and O–H groups in total. The van der Waals surface area contributed by atoms with E-state index in [2.05, 4.69) is 15.2 Å². The monoisotopic (exact) mass is 333 g/mol. The van der Waals surface area contributed by atoms with Gasteiger partial charge in [0.25, 0.3) is 0 Å². The standard InChI is InChI=1S/C18H27N3O3/c1-18(2,3)24-17(23)20-11-7-9-15(22)14-8-6-10-19-16(14)21-12-4-5-13-21/h6,8,10H,4-5,7,9,11-13H2,1-3H3,(H,20,23). The van der Waals surface area contributed by atoms with Crippen LogP contribution in [0.4, 0.5) is 10.6 Å². The fraction of sp³-hybridized carbons (Fsp3) is 0.611. The Morgan fingerprint density at radius 1 is 1.29 bits per heavy atom. The Kier molecular flexibility index (Phi) is 6.17. The van der Waals surface area contributed by atoms with E-state index in [0.29, 0.717) is 24.9 Å². The van der Waals surface area contributed by atoms with Crippen molar-refractivity contribution in [2.24, 2.45) is 0 Å². The highest BCUT2D eigenvalue weighted by atomic mass is 16.6. The number of aromatic nitrogens is 1. The summed E-state index contributed by atoms with van der Waals surface area (Å²) in [7, 11) is 0. The zero-order valence-corrected chi connectivity index (χ0v) is 14.8. The van der Waals surface area contributed by atoms with Gasteiger partial charge in [-0.25, -0.2) is 9.78 Å². The molecule has 132 valence electrons. The normalized spacial score (nSPS) is 14.5. The SMILES string of the molecule is CC(C)(C)OC(=O)NCCCC(=O)c1cccnc1N1CCCC1. The number of ether oxygens (including phenoxy) is 1. The molecule has 1 aliphatic heterocycles. The number of pyridine rings is 1. The Balaban J connectivity index is 1.82. The highest BCUT2D eigenvalue weighted by Gasteiger charge is 2.20. The van der Waals surface area contributed by atoms with Crippen LogP contribution in [0, 0.1) is 0 Å². The average Bonchev–Trinajstić information content (AvgIpc) is 3.04. The van der Waals surface area contributed by atoms with Gasteiger partial charge in [-0.1, -0.05) is 0 Å². The average molecular weight is 333 g/mol. The first-order valence-electron chi connectivity index (χ1n) is 8.57. The van der Waals surface area contributed by atoms with Gasteiger partial charge in [-0.3, -0.25) is 4.79 Å². The number of anilines is 1. The summed E-state index contributed by atoms with van der Waals surface area (Å²) in [5, 5.41) is 2.68. The molecule has 1 amide bonds. The summed E-state index contributed by atoms with van der Waals surface area (Å²) in [5.41, 5.74) is 0.164. The molecule has 0 radical (unpaired) electrons. The summed E-state index contributed by atoms with van der Waals surface area (Å²) in [6, 6.07) is 3.63. The molecule has 1 aromatic heterocycles. The Labute approximate surface area is 143 Å². The molecule has 24 heavy (non-hydrogen) atoms. The van der Waals surface area contributed by atoms with Gasteiger partial charge < -0.3 is 15.0 Å². The van der Waals surface area contributed by atoms with E-state index >= 15 is 0 Å². The highest BCUT2D eigenvalue weighted by Crippen LogP contribution is 2.23. The minimum atomic E-state index is -0.514. The Morgan fingerprint density at radius 3 is 2.67 bits per heavy atom. The van der Waals surface area contributed by atoms with Gasteiger partial charge in [-0.05, 0) is 52.2 Å². The van der Waals surface area contributed by atoms with E-state index in [-0.39, 0.29) is 5.78 Å². The number of hydrogen-bond acceptors (Lipinski definition) is 5. The summed E-state index contributed by atoms with van der Waals surface area (Å²) in [4.78, 5) is 30.6. The summed E-state index contributed by atoms with van der Waals surface area (Å²) in [6.45, 7) is 7.78. The number of hydrogen-bond donors (Lipinski definition) is 1. The third-order valence-corrected chi connectivity index (χ3v) is 3.74. The first-order chi connectivity index (χ1) is 11.4. The van der Waals surface area contributed by atoms with E-state index in [1.165, 1.54) is 0 Å². The number of alkyl carbamates (subject to hydrolysis) is 1. The second-order valence-corrected chi connectivity index (χ2v) is 7.02. The molecule has 1 aromatic rings. The number of nitrogens with one attached hydrogen (secondary N) is 1. The molecule has 6 heteroatoms. The quantitative estimate of drug-likeness (QED) is 0.639. The topological polar surface area (TPSA) is 71.5 Å². The third kappa shape index (κ3) is 5.51. The third-order valence-electron chi connectivity index (χ3n) is 3.74. The Bertz CT molecular complexity index is 575. The van der Waals surface area contributed by atoms with Crippen LogP contribution in [-0.2, 0) is 4.74 Å². The van der Waals surface area contributed by atoms with E-state index in [9.17, 15) is 9.59 Å². The van der Waals surface area contributed by atoms with Gasteiger partial charge in [0.2, 0.25) is 0 Å². The lowest BCUT2D eigenvalue weighted by Gasteiger charge is -2.20. The maximum atomic E-state index is 12.5. The number of Topliss-reactive ketones (excluding diaryl/α,β-unsaturated/α-hetero) is 1. The first-order valence-corrected chi connectivity index (χ1v) is 8.57. The summed E-state index contributed by atoms with van der Waals surface area (Å²) in [5.74, 6) is 0.857. The van der Waals surface area contributed by atoms with Gasteiger partial charge >= 0.3 is 6.09 Å². The van der Waals surface area contributed by atoms with Crippen molar-refractivity contribution >= 4 is 17.7 Å². The molecule has 0 aromatic carbocycles. The van der Waals surface area contributed by atoms with Crippen molar-refractivity contribution in [2.75, 3.05) is 24.5 Å². The lowest BCUT2D eigenvalue weighted by Crippen LogP contribution is -2.33. The largest absolute Gasteiger partial charge is 0.444 e. The number of carbonyl (C=O) groups is 2. The van der Waals surface area contributed by atoms with E-state index in [0.717, 1.165) is 31.7 Å². The fourth-order valence-electron chi connectivity index (χ4n) is 2.68. The van der Waals surface area contributed by atoms with Crippen LogP contribution in [0.25, 0.3) is 0 Å². The Morgan fingerprint density at radius 2 is 2.00 bits per heavy atom. The van der Waals surface area contributed by atoms with Gasteiger partial charge in [-0.2, -0.15) is 0 Å². The molecular weight excluding hydrogens is 306 g/mol. The molecule has 0 aliphatic carbocycles. The minimum Gasteiger partial charge on any atom is -0.444 e. The molecule has 1 fully saturated rings. The van der Waals surface area contributed by atoms with Gasteiger partial charge in [0.1, 0.15) is 11.4 Å².